The van der Waals surface area contributed by atoms with Crippen molar-refractivity contribution in [3.8, 4) is 5.75 Å². The molecule has 0 fully saturated rings. The maximum Gasteiger partial charge on any atom is 0.231 e. The monoisotopic (exact) mass is 337 g/mol. The average molecular weight is 337 g/mol. The molecule has 0 bridgehead atoms. The fourth-order valence-corrected chi connectivity index (χ4v) is 2.85. The number of carbonyl (C=O) groups excluding carboxylic acids is 1. The minimum absolute atomic E-state index is 0.0272. The summed E-state index contributed by atoms with van der Waals surface area (Å²) < 4.78 is 10.8. The van der Waals surface area contributed by atoms with E-state index in [-0.39, 0.29) is 5.91 Å². The van der Waals surface area contributed by atoms with Gasteiger partial charge in [0.25, 0.3) is 0 Å². The molecule has 3 rings (SSSR count). The van der Waals surface area contributed by atoms with E-state index in [0.29, 0.717) is 12.3 Å². The normalized spacial score (nSPS) is 11.1. The van der Waals surface area contributed by atoms with Crippen LogP contribution in [0.15, 0.2) is 53.1 Å². The minimum Gasteiger partial charge on any atom is -0.497 e. The van der Waals surface area contributed by atoms with Crippen molar-refractivity contribution in [3.63, 3.8) is 0 Å². The van der Waals surface area contributed by atoms with E-state index in [9.17, 15) is 4.79 Å². The molecule has 130 valence electrons. The Morgan fingerprint density at radius 2 is 2.00 bits per heavy atom. The summed E-state index contributed by atoms with van der Waals surface area (Å²) in [4.78, 5) is 14.4. The highest BCUT2D eigenvalue weighted by Crippen LogP contribution is 2.27. The lowest BCUT2D eigenvalue weighted by molar-refractivity contribution is -0.117. The van der Waals surface area contributed by atoms with E-state index < -0.39 is 0 Å². The van der Waals surface area contributed by atoms with Crippen LogP contribution in [0.1, 0.15) is 30.9 Å². The number of nitrogens with zero attached hydrogens (tertiary/aromatic N) is 1. The van der Waals surface area contributed by atoms with Crippen molar-refractivity contribution >= 4 is 22.6 Å². The Balaban J connectivity index is 1.81. The highest BCUT2D eigenvalue weighted by molar-refractivity contribution is 5.97. The van der Waals surface area contributed by atoms with Crippen molar-refractivity contribution in [3.05, 3.63) is 59.9 Å². The molecule has 0 unspecified atom stereocenters. The third-order valence-corrected chi connectivity index (χ3v) is 4.50. The van der Waals surface area contributed by atoms with E-state index in [4.69, 9.17) is 9.15 Å². The van der Waals surface area contributed by atoms with E-state index in [1.54, 1.807) is 18.3 Å². The van der Waals surface area contributed by atoms with Gasteiger partial charge < -0.3 is 14.1 Å². The summed E-state index contributed by atoms with van der Waals surface area (Å²) in [5, 5.41) is 0.943. The molecule has 3 aromatic rings. The van der Waals surface area contributed by atoms with Crippen molar-refractivity contribution in [2.75, 3.05) is 19.1 Å². The largest absolute Gasteiger partial charge is 0.497 e. The van der Waals surface area contributed by atoms with E-state index in [0.717, 1.165) is 28.0 Å². The zero-order valence-electron chi connectivity index (χ0n) is 15.1. The Labute approximate surface area is 148 Å². The van der Waals surface area contributed by atoms with Gasteiger partial charge in [0.1, 0.15) is 11.3 Å². The molecule has 1 aromatic heterocycles. The smallest absolute Gasteiger partial charge is 0.231 e. The highest BCUT2D eigenvalue weighted by Gasteiger charge is 2.16. The molecular formula is C21H23NO3. The molecule has 0 atom stereocenters. The summed E-state index contributed by atoms with van der Waals surface area (Å²) in [6.45, 7) is 4.29. The van der Waals surface area contributed by atoms with Crippen molar-refractivity contribution < 1.29 is 13.9 Å². The first-order valence-electron chi connectivity index (χ1n) is 8.40. The van der Waals surface area contributed by atoms with Crippen LogP contribution in [0.4, 0.5) is 5.69 Å². The van der Waals surface area contributed by atoms with E-state index >= 15 is 0 Å². The van der Waals surface area contributed by atoms with Gasteiger partial charge in [-0.25, -0.2) is 0 Å². The number of ether oxygens (including phenoxy) is 1. The lowest BCUT2D eigenvalue weighted by Crippen LogP contribution is -2.27. The fourth-order valence-electron chi connectivity index (χ4n) is 2.85. The molecule has 0 aliphatic carbocycles. The molecule has 4 nitrogen and oxygen atoms in total. The zero-order valence-corrected chi connectivity index (χ0v) is 15.1. The van der Waals surface area contributed by atoms with Gasteiger partial charge in [-0.3, -0.25) is 4.79 Å². The second-order valence-corrected chi connectivity index (χ2v) is 6.50. The topological polar surface area (TPSA) is 42.7 Å². The summed E-state index contributed by atoms with van der Waals surface area (Å²) in [5.41, 5.74) is 3.74. The molecule has 1 amide bonds. The molecule has 25 heavy (non-hydrogen) atoms. The Morgan fingerprint density at radius 1 is 1.20 bits per heavy atom. The van der Waals surface area contributed by atoms with Crippen LogP contribution in [0.25, 0.3) is 11.0 Å². The second kappa shape index (κ2) is 7.01. The van der Waals surface area contributed by atoms with Crippen molar-refractivity contribution in [2.45, 2.75) is 26.2 Å². The first-order valence-corrected chi connectivity index (χ1v) is 8.40. The molecule has 0 N–H and O–H groups in total. The number of hydrogen-bond donors (Lipinski definition) is 0. The summed E-state index contributed by atoms with van der Waals surface area (Å²) >= 11 is 0. The standard InChI is InChI=1S/C21H23NO3/c1-14(2)15-6-5-7-17(10-15)22(3)21(23)11-16-13-25-20-12-18(24-4)8-9-19(16)20/h5-10,12-14H,11H2,1-4H3. The minimum atomic E-state index is 0.0272. The third kappa shape index (κ3) is 3.53. The van der Waals surface area contributed by atoms with Crippen LogP contribution in [0.2, 0.25) is 0 Å². The Kier molecular flexibility index (Phi) is 4.79. The molecular weight excluding hydrogens is 314 g/mol. The van der Waals surface area contributed by atoms with Gasteiger partial charge in [-0.15, -0.1) is 0 Å². The maximum atomic E-state index is 12.7. The number of hydrogen-bond acceptors (Lipinski definition) is 3. The van der Waals surface area contributed by atoms with E-state index in [2.05, 4.69) is 26.0 Å². The summed E-state index contributed by atoms with van der Waals surface area (Å²) in [6, 6.07) is 13.8. The predicted molar refractivity (Wildman–Crippen MR) is 100 cm³/mol. The van der Waals surface area contributed by atoms with Gasteiger partial charge in [0.05, 0.1) is 19.8 Å². The number of amides is 1. The number of fused-ring (bicyclic) bond motifs is 1. The average Bonchev–Trinajstić information content (AvgIpc) is 3.03. The van der Waals surface area contributed by atoms with Crippen LogP contribution in [0, 0.1) is 0 Å². The van der Waals surface area contributed by atoms with Crippen molar-refractivity contribution in [1.29, 1.82) is 0 Å². The molecule has 0 aliphatic rings. The van der Waals surface area contributed by atoms with Crippen molar-refractivity contribution in [2.24, 2.45) is 0 Å². The lowest BCUT2D eigenvalue weighted by atomic mass is 10.0. The molecule has 0 aliphatic heterocycles. The Hall–Kier alpha value is -2.75. The number of methoxy groups -OCH3 is 1. The van der Waals surface area contributed by atoms with Gasteiger partial charge in [0, 0.05) is 29.8 Å². The van der Waals surface area contributed by atoms with Crippen LogP contribution in [0.3, 0.4) is 0 Å². The number of likely N-dealkylation sites (N-methyl/N-ethyl adjacent to an activating group) is 1. The first kappa shape index (κ1) is 17.1. The van der Waals surface area contributed by atoms with Crippen LogP contribution in [0.5, 0.6) is 5.75 Å². The van der Waals surface area contributed by atoms with Gasteiger partial charge in [0.2, 0.25) is 5.91 Å². The van der Waals surface area contributed by atoms with E-state index in [1.165, 1.54) is 5.56 Å². The second-order valence-electron chi connectivity index (χ2n) is 6.50. The molecule has 0 radical (unpaired) electrons. The molecule has 4 heteroatoms. The molecule has 2 aromatic carbocycles. The molecule has 0 saturated heterocycles. The van der Waals surface area contributed by atoms with Crippen LogP contribution < -0.4 is 9.64 Å². The van der Waals surface area contributed by atoms with Gasteiger partial charge in [-0.1, -0.05) is 26.0 Å². The van der Waals surface area contributed by atoms with Gasteiger partial charge in [-0.05, 0) is 35.7 Å². The van der Waals surface area contributed by atoms with Crippen LogP contribution in [-0.2, 0) is 11.2 Å². The fraction of sp³-hybridized carbons (Fsp3) is 0.286. The molecule has 1 heterocycles. The van der Waals surface area contributed by atoms with E-state index in [1.807, 2.05) is 37.4 Å². The van der Waals surface area contributed by atoms with Gasteiger partial charge >= 0.3 is 0 Å². The molecule has 0 saturated carbocycles. The highest BCUT2D eigenvalue weighted by atomic mass is 16.5. The SMILES string of the molecule is COc1ccc2c(CC(=O)N(C)c3cccc(C(C)C)c3)coc2c1. The van der Waals surface area contributed by atoms with Crippen molar-refractivity contribution in [1.82, 2.24) is 0 Å². The number of rotatable bonds is 5. The zero-order chi connectivity index (χ0) is 18.0. The number of carbonyl (C=O) groups is 1. The predicted octanol–water partition coefficient (Wildman–Crippen LogP) is 4.77. The number of furan rings is 1. The molecule has 0 spiro atoms. The summed E-state index contributed by atoms with van der Waals surface area (Å²) in [7, 11) is 3.43. The summed E-state index contributed by atoms with van der Waals surface area (Å²) in [5.74, 6) is 1.19. The van der Waals surface area contributed by atoms with Crippen LogP contribution in [-0.4, -0.2) is 20.1 Å². The number of benzene rings is 2. The third-order valence-electron chi connectivity index (χ3n) is 4.50. The Morgan fingerprint density at radius 3 is 2.72 bits per heavy atom. The Bertz CT molecular complexity index is 895. The number of anilines is 1. The first-order chi connectivity index (χ1) is 12.0. The van der Waals surface area contributed by atoms with Gasteiger partial charge in [0.15, 0.2) is 0 Å². The lowest BCUT2D eigenvalue weighted by Gasteiger charge is -2.19. The maximum absolute atomic E-state index is 12.7. The van der Waals surface area contributed by atoms with Crippen LogP contribution >= 0.6 is 0 Å². The summed E-state index contributed by atoms with van der Waals surface area (Å²) in [6.07, 6.45) is 1.95. The van der Waals surface area contributed by atoms with Gasteiger partial charge in [-0.2, -0.15) is 0 Å². The quantitative estimate of drug-likeness (QED) is 0.673.